The second-order valence-corrected chi connectivity index (χ2v) is 6.95. The quantitative estimate of drug-likeness (QED) is 0.811. The number of benzene rings is 2. The molecule has 2 atom stereocenters. The van der Waals surface area contributed by atoms with Crippen molar-refractivity contribution < 1.29 is 14.3 Å². The molecule has 0 aromatic heterocycles. The summed E-state index contributed by atoms with van der Waals surface area (Å²) in [4.78, 5) is 14.6. The van der Waals surface area contributed by atoms with Crippen LogP contribution in [0, 0.1) is 0 Å². The molecule has 5 nitrogen and oxygen atoms in total. The summed E-state index contributed by atoms with van der Waals surface area (Å²) in [5.74, 6) is 0.777. The molecule has 3 rings (SSSR count). The summed E-state index contributed by atoms with van der Waals surface area (Å²) >= 11 is 1.66. The van der Waals surface area contributed by atoms with E-state index in [0.29, 0.717) is 13.2 Å². The minimum absolute atomic E-state index is 0. The molecule has 2 aromatic carbocycles. The number of amides is 1. The Morgan fingerprint density at radius 1 is 1.15 bits per heavy atom. The summed E-state index contributed by atoms with van der Waals surface area (Å²) in [6, 6.07) is 15.4. The molecule has 2 N–H and O–H groups in total. The first-order chi connectivity index (χ1) is 12.2. The van der Waals surface area contributed by atoms with E-state index in [0.717, 1.165) is 21.2 Å². The van der Waals surface area contributed by atoms with Crippen molar-refractivity contribution in [3.63, 3.8) is 0 Å². The highest BCUT2D eigenvalue weighted by molar-refractivity contribution is 7.99. The number of carbonyl (C=O) groups excluding carboxylic acids is 1. The standard InChI is InChI=1S/C19H22N2O3S.ClH/c1-13-18(20-11-12-24-13)19(22)21-14-3-7-16(8-4-14)25-17-9-5-15(23-2)6-10-17;/h3-10,13,18,20H,11-12H2,1-2H3,(H,21,22);1H/t13-,18+;/m1./s1. The van der Waals surface area contributed by atoms with Crippen molar-refractivity contribution in [1.29, 1.82) is 0 Å². The Morgan fingerprint density at radius 2 is 1.77 bits per heavy atom. The number of halogens is 1. The van der Waals surface area contributed by atoms with Crippen LogP contribution in [0.2, 0.25) is 0 Å². The SMILES string of the molecule is COc1ccc(Sc2ccc(NC(=O)[C@H]3NCCO[C@@H]3C)cc2)cc1.Cl. The lowest BCUT2D eigenvalue weighted by Crippen LogP contribution is -2.53. The molecule has 1 heterocycles. The van der Waals surface area contributed by atoms with Crippen molar-refractivity contribution in [2.24, 2.45) is 0 Å². The lowest BCUT2D eigenvalue weighted by molar-refractivity contribution is -0.123. The average Bonchev–Trinajstić information content (AvgIpc) is 2.64. The third-order valence-electron chi connectivity index (χ3n) is 4.02. The number of anilines is 1. The Balaban J connectivity index is 0.00000243. The van der Waals surface area contributed by atoms with Crippen molar-refractivity contribution in [3.05, 3.63) is 48.5 Å². The topological polar surface area (TPSA) is 59.6 Å². The summed E-state index contributed by atoms with van der Waals surface area (Å²) in [5.41, 5.74) is 0.781. The zero-order valence-corrected chi connectivity index (χ0v) is 16.4. The number of nitrogens with one attached hydrogen (secondary N) is 2. The van der Waals surface area contributed by atoms with Crippen LogP contribution >= 0.6 is 24.2 Å². The van der Waals surface area contributed by atoms with E-state index in [2.05, 4.69) is 10.6 Å². The van der Waals surface area contributed by atoms with Gasteiger partial charge in [0.15, 0.2) is 0 Å². The molecular weight excluding hydrogens is 372 g/mol. The van der Waals surface area contributed by atoms with Crippen LogP contribution < -0.4 is 15.4 Å². The third-order valence-corrected chi connectivity index (χ3v) is 5.03. The van der Waals surface area contributed by atoms with Gasteiger partial charge in [0.05, 0.1) is 19.8 Å². The maximum absolute atomic E-state index is 12.3. The van der Waals surface area contributed by atoms with Gasteiger partial charge in [-0.1, -0.05) is 11.8 Å². The molecule has 0 bridgehead atoms. The predicted octanol–water partition coefficient (Wildman–Crippen LogP) is 3.58. The molecule has 0 spiro atoms. The fourth-order valence-electron chi connectivity index (χ4n) is 2.63. The van der Waals surface area contributed by atoms with E-state index in [1.807, 2.05) is 55.5 Å². The number of morpholine rings is 1. The minimum atomic E-state index is -0.317. The fraction of sp³-hybridized carbons (Fsp3) is 0.316. The second-order valence-electron chi connectivity index (χ2n) is 5.80. The summed E-state index contributed by atoms with van der Waals surface area (Å²) in [7, 11) is 1.66. The molecule has 2 aromatic rings. The lowest BCUT2D eigenvalue weighted by Gasteiger charge is -2.29. The van der Waals surface area contributed by atoms with Gasteiger partial charge in [-0.05, 0) is 55.5 Å². The number of hydrogen-bond donors (Lipinski definition) is 2. The smallest absolute Gasteiger partial charge is 0.244 e. The Morgan fingerprint density at radius 3 is 2.35 bits per heavy atom. The van der Waals surface area contributed by atoms with Crippen LogP contribution in [-0.2, 0) is 9.53 Å². The molecule has 1 fully saturated rings. The molecule has 0 radical (unpaired) electrons. The van der Waals surface area contributed by atoms with Crippen molar-refractivity contribution in [3.8, 4) is 5.75 Å². The molecule has 1 aliphatic rings. The summed E-state index contributed by atoms with van der Waals surface area (Å²) in [6.07, 6.45) is -0.126. The van der Waals surface area contributed by atoms with Crippen LogP contribution in [0.25, 0.3) is 0 Å². The minimum Gasteiger partial charge on any atom is -0.497 e. The molecule has 26 heavy (non-hydrogen) atoms. The summed E-state index contributed by atoms with van der Waals surface area (Å²) in [6.45, 7) is 3.24. The average molecular weight is 395 g/mol. The molecule has 1 aliphatic heterocycles. The van der Waals surface area contributed by atoms with E-state index in [1.54, 1.807) is 18.9 Å². The monoisotopic (exact) mass is 394 g/mol. The molecule has 7 heteroatoms. The summed E-state index contributed by atoms with van der Waals surface area (Å²) in [5, 5.41) is 6.13. The predicted molar refractivity (Wildman–Crippen MR) is 107 cm³/mol. The molecule has 1 saturated heterocycles. The van der Waals surface area contributed by atoms with Gasteiger partial charge in [-0.15, -0.1) is 12.4 Å². The molecule has 0 saturated carbocycles. The van der Waals surface area contributed by atoms with Gasteiger partial charge in [0.25, 0.3) is 0 Å². The number of ether oxygens (including phenoxy) is 2. The zero-order valence-electron chi connectivity index (χ0n) is 14.7. The van der Waals surface area contributed by atoms with Crippen LogP contribution in [0.15, 0.2) is 58.3 Å². The number of methoxy groups -OCH3 is 1. The Kier molecular flexibility index (Phi) is 7.78. The number of rotatable bonds is 5. The summed E-state index contributed by atoms with van der Waals surface area (Å²) < 4.78 is 10.7. The normalized spacial score (nSPS) is 19.3. The van der Waals surface area contributed by atoms with Gasteiger partial charge in [-0.3, -0.25) is 4.79 Å². The fourth-order valence-corrected chi connectivity index (χ4v) is 3.45. The van der Waals surface area contributed by atoms with E-state index in [4.69, 9.17) is 9.47 Å². The van der Waals surface area contributed by atoms with Crippen LogP contribution in [0.1, 0.15) is 6.92 Å². The molecule has 1 amide bonds. The molecule has 140 valence electrons. The maximum Gasteiger partial charge on any atom is 0.244 e. The van der Waals surface area contributed by atoms with Crippen molar-refractivity contribution in [2.45, 2.75) is 28.9 Å². The van der Waals surface area contributed by atoms with E-state index in [1.165, 1.54) is 0 Å². The van der Waals surface area contributed by atoms with E-state index in [-0.39, 0.29) is 30.5 Å². The Bertz CT molecular complexity index is 710. The van der Waals surface area contributed by atoms with Gasteiger partial charge in [0, 0.05) is 22.0 Å². The van der Waals surface area contributed by atoms with Crippen LogP contribution in [0.3, 0.4) is 0 Å². The number of hydrogen-bond acceptors (Lipinski definition) is 5. The highest BCUT2D eigenvalue weighted by Gasteiger charge is 2.28. The van der Waals surface area contributed by atoms with Crippen molar-refractivity contribution in [1.82, 2.24) is 5.32 Å². The second kappa shape index (κ2) is 9.83. The Hall–Kier alpha value is -1.73. The first-order valence-electron chi connectivity index (χ1n) is 8.23. The first kappa shape index (κ1) is 20.6. The maximum atomic E-state index is 12.3. The van der Waals surface area contributed by atoms with Gasteiger partial charge < -0.3 is 20.1 Å². The third kappa shape index (κ3) is 5.38. The highest BCUT2D eigenvalue weighted by Crippen LogP contribution is 2.29. The molecule has 0 aliphatic carbocycles. The Labute approximate surface area is 164 Å². The van der Waals surface area contributed by atoms with Gasteiger partial charge in [0.2, 0.25) is 5.91 Å². The number of carbonyl (C=O) groups is 1. The van der Waals surface area contributed by atoms with Crippen molar-refractivity contribution >= 4 is 35.8 Å². The zero-order chi connectivity index (χ0) is 17.6. The van der Waals surface area contributed by atoms with Crippen LogP contribution in [0.4, 0.5) is 5.69 Å². The van der Waals surface area contributed by atoms with Gasteiger partial charge in [0.1, 0.15) is 11.8 Å². The van der Waals surface area contributed by atoms with Gasteiger partial charge >= 0.3 is 0 Å². The van der Waals surface area contributed by atoms with Crippen molar-refractivity contribution in [2.75, 3.05) is 25.6 Å². The molecular formula is C19H23ClN2O3S. The molecule has 0 unspecified atom stereocenters. The van der Waals surface area contributed by atoms with E-state index in [9.17, 15) is 4.79 Å². The van der Waals surface area contributed by atoms with E-state index < -0.39 is 0 Å². The van der Waals surface area contributed by atoms with Gasteiger partial charge in [-0.2, -0.15) is 0 Å². The largest absolute Gasteiger partial charge is 0.497 e. The van der Waals surface area contributed by atoms with Crippen LogP contribution in [-0.4, -0.2) is 38.3 Å². The first-order valence-corrected chi connectivity index (χ1v) is 9.05. The van der Waals surface area contributed by atoms with Crippen LogP contribution in [0.5, 0.6) is 5.75 Å². The lowest BCUT2D eigenvalue weighted by atomic mass is 10.1. The highest BCUT2D eigenvalue weighted by atomic mass is 35.5. The van der Waals surface area contributed by atoms with E-state index >= 15 is 0 Å². The van der Waals surface area contributed by atoms with Gasteiger partial charge in [-0.25, -0.2) is 0 Å².